The minimum absolute atomic E-state index is 0.102. The second kappa shape index (κ2) is 9.05. The van der Waals surface area contributed by atoms with E-state index in [1.54, 1.807) is 11.3 Å². The van der Waals surface area contributed by atoms with Crippen molar-refractivity contribution in [2.24, 2.45) is 0 Å². The molecular formula is C20H16N5OS2+. The zero-order chi connectivity index (χ0) is 19.9. The second-order valence-electron chi connectivity index (χ2n) is 5.78. The Balaban J connectivity index is 1.74. The van der Waals surface area contributed by atoms with E-state index in [-0.39, 0.29) is 34.6 Å². The zero-order valence-electron chi connectivity index (χ0n) is 14.7. The molecule has 0 radical (unpaired) electrons. The summed E-state index contributed by atoms with van der Waals surface area (Å²) in [6.07, 6.45) is 0. The number of thioether (sulfide) groups is 1. The van der Waals surface area contributed by atoms with Crippen molar-refractivity contribution in [3.8, 4) is 12.1 Å². The van der Waals surface area contributed by atoms with Gasteiger partial charge in [0.2, 0.25) is 5.91 Å². The second-order valence-corrected chi connectivity index (χ2v) is 7.74. The molecule has 0 fully saturated rings. The fourth-order valence-corrected chi connectivity index (χ4v) is 4.20. The quantitative estimate of drug-likeness (QED) is 0.611. The first kappa shape index (κ1) is 19.4. The number of nitrogen functional groups attached to an aromatic ring is 1. The summed E-state index contributed by atoms with van der Waals surface area (Å²) in [4.78, 5) is 16.5. The number of nitrogens with one attached hydrogen (secondary N) is 2. The van der Waals surface area contributed by atoms with Gasteiger partial charge in [0.1, 0.15) is 23.3 Å². The highest BCUT2D eigenvalue weighted by Crippen LogP contribution is 2.26. The Labute approximate surface area is 170 Å². The first-order valence-electron chi connectivity index (χ1n) is 8.29. The Morgan fingerprint density at radius 3 is 2.57 bits per heavy atom. The first-order valence-corrected chi connectivity index (χ1v) is 10.2. The number of hydrogen-bond acceptors (Lipinski definition) is 6. The largest absolute Gasteiger partial charge is 0.344 e. The summed E-state index contributed by atoms with van der Waals surface area (Å²) in [7, 11) is 0. The van der Waals surface area contributed by atoms with Crippen LogP contribution in [-0.4, -0.2) is 11.7 Å². The van der Waals surface area contributed by atoms with Gasteiger partial charge in [0.15, 0.2) is 5.03 Å². The molecule has 0 aliphatic rings. The molecule has 1 amide bonds. The van der Waals surface area contributed by atoms with Crippen LogP contribution in [0.4, 0.5) is 5.82 Å². The van der Waals surface area contributed by atoms with Crippen molar-refractivity contribution in [1.82, 2.24) is 5.32 Å². The molecule has 0 aliphatic carbocycles. The van der Waals surface area contributed by atoms with Crippen LogP contribution in [0.5, 0.6) is 0 Å². The fraction of sp³-hybridized carbons (Fsp3) is 0.100. The predicted molar refractivity (Wildman–Crippen MR) is 108 cm³/mol. The minimum atomic E-state index is -0.236. The topological polar surface area (TPSA) is 117 Å². The van der Waals surface area contributed by atoms with E-state index < -0.39 is 0 Å². The number of anilines is 1. The number of amides is 1. The summed E-state index contributed by atoms with van der Waals surface area (Å²) in [6, 6.07) is 18.8. The van der Waals surface area contributed by atoms with Crippen molar-refractivity contribution in [2.75, 3.05) is 11.5 Å². The molecule has 0 bridgehead atoms. The highest BCUT2D eigenvalue weighted by Gasteiger charge is 2.20. The SMILES string of the molecule is N#Cc1cc(C#N)c(SCC(=O)N[C@@H](c2ccccc2)c2cccs2)[nH+]c1N. The van der Waals surface area contributed by atoms with Gasteiger partial charge in [0.05, 0.1) is 11.8 Å². The molecule has 0 unspecified atom stereocenters. The molecule has 0 saturated carbocycles. The average molecular weight is 407 g/mol. The summed E-state index contributed by atoms with van der Waals surface area (Å²) in [5, 5.41) is 23.8. The molecule has 138 valence electrons. The Morgan fingerprint density at radius 2 is 1.93 bits per heavy atom. The molecule has 0 aliphatic heterocycles. The number of carbonyl (C=O) groups is 1. The van der Waals surface area contributed by atoms with E-state index in [0.717, 1.165) is 10.4 Å². The molecule has 3 aromatic rings. The van der Waals surface area contributed by atoms with E-state index in [4.69, 9.17) is 11.0 Å². The maximum atomic E-state index is 12.6. The van der Waals surface area contributed by atoms with Crippen LogP contribution < -0.4 is 16.0 Å². The number of aromatic amines is 1. The third kappa shape index (κ3) is 4.49. The number of H-pyrrole nitrogens is 1. The van der Waals surface area contributed by atoms with Crippen LogP contribution in [0.2, 0.25) is 0 Å². The Hall–Kier alpha value is -3.33. The van der Waals surface area contributed by atoms with Gasteiger partial charge < -0.3 is 5.32 Å². The monoisotopic (exact) mass is 406 g/mol. The highest BCUT2D eigenvalue weighted by atomic mass is 32.2. The van der Waals surface area contributed by atoms with Crippen molar-refractivity contribution in [2.45, 2.75) is 11.1 Å². The third-order valence-corrected chi connectivity index (χ3v) is 5.88. The molecule has 1 atom stereocenters. The van der Waals surface area contributed by atoms with Crippen molar-refractivity contribution in [3.63, 3.8) is 0 Å². The number of carbonyl (C=O) groups excluding carboxylic acids is 1. The van der Waals surface area contributed by atoms with Crippen LogP contribution in [0.3, 0.4) is 0 Å². The lowest BCUT2D eigenvalue weighted by atomic mass is 10.1. The predicted octanol–water partition coefficient (Wildman–Crippen LogP) is 2.89. The maximum Gasteiger partial charge on any atom is 0.289 e. The lowest BCUT2D eigenvalue weighted by Crippen LogP contribution is -2.30. The van der Waals surface area contributed by atoms with Crippen molar-refractivity contribution in [1.29, 1.82) is 10.5 Å². The molecule has 3 rings (SSSR count). The Bertz CT molecular complexity index is 1050. The summed E-state index contributed by atoms with van der Waals surface area (Å²) < 4.78 is 0. The van der Waals surface area contributed by atoms with Gasteiger partial charge in [-0.3, -0.25) is 10.5 Å². The van der Waals surface area contributed by atoms with Gasteiger partial charge in [-0.1, -0.05) is 48.2 Å². The van der Waals surface area contributed by atoms with E-state index in [9.17, 15) is 10.1 Å². The molecule has 2 aromatic heterocycles. The molecule has 8 heteroatoms. The van der Waals surface area contributed by atoms with Crippen LogP contribution in [0.25, 0.3) is 0 Å². The number of hydrogen-bond donors (Lipinski definition) is 2. The molecule has 0 spiro atoms. The van der Waals surface area contributed by atoms with Gasteiger partial charge >= 0.3 is 0 Å². The number of nitrogens with two attached hydrogens (primary N) is 1. The maximum absolute atomic E-state index is 12.6. The van der Waals surface area contributed by atoms with Crippen molar-refractivity contribution in [3.05, 3.63) is 75.5 Å². The summed E-state index contributed by atoms with van der Waals surface area (Å²) >= 11 is 2.75. The van der Waals surface area contributed by atoms with Crippen LogP contribution in [0.1, 0.15) is 27.6 Å². The fourth-order valence-electron chi connectivity index (χ4n) is 2.59. The summed E-state index contributed by atoms with van der Waals surface area (Å²) in [5.41, 5.74) is 7.26. The third-order valence-electron chi connectivity index (χ3n) is 3.93. The number of pyridine rings is 1. The molecule has 1 aromatic carbocycles. The molecular weight excluding hydrogens is 390 g/mol. The molecule has 4 N–H and O–H groups in total. The molecule has 28 heavy (non-hydrogen) atoms. The van der Waals surface area contributed by atoms with E-state index in [1.807, 2.05) is 60.0 Å². The molecule has 6 nitrogen and oxygen atoms in total. The number of rotatable bonds is 6. The molecule has 2 heterocycles. The van der Waals surface area contributed by atoms with Gasteiger partial charge in [0.25, 0.3) is 5.82 Å². The highest BCUT2D eigenvalue weighted by molar-refractivity contribution is 7.99. The van der Waals surface area contributed by atoms with Crippen LogP contribution in [-0.2, 0) is 4.79 Å². The van der Waals surface area contributed by atoms with Gasteiger partial charge in [0, 0.05) is 4.88 Å². The van der Waals surface area contributed by atoms with Crippen molar-refractivity contribution < 1.29 is 9.78 Å². The van der Waals surface area contributed by atoms with Crippen LogP contribution in [0.15, 0.2) is 58.9 Å². The standard InChI is InChI=1S/C20H15N5OS2/c21-10-14-9-15(11-22)20(25-19(14)23)28-12-17(26)24-18(16-7-4-8-27-16)13-5-2-1-3-6-13/h1-9,18H,12H2,(H2,23,25)(H,24,26)/p+1/t18-/m0/s1. The Kier molecular flexibility index (Phi) is 6.28. The van der Waals surface area contributed by atoms with E-state index in [2.05, 4.69) is 10.3 Å². The first-order chi connectivity index (χ1) is 13.6. The Morgan fingerprint density at radius 1 is 1.18 bits per heavy atom. The van der Waals surface area contributed by atoms with Gasteiger partial charge in [-0.25, -0.2) is 4.98 Å². The number of aromatic nitrogens is 1. The normalized spacial score (nSPS) is 11.2. The lowest BCUT2D eigenvalue weighted by molar-refractivity contribution is -0.410. The smallest absolute Gasteiger partial charge is 0.289 e. The van der Waals surface area contributed by atoms with Gasteiger partial charge in [-0.15, -0.1) is 11.3 Å². The van der Waals surface area contributed by atoms with Gasteiger partial charge in [-0.05, 0) is 23.1 Å². The van der Waals surface area contributed by atoms with Crippen molar-refractivity contribution >= 4 is 34.8 Å². The van der Waals surface area contributed by atoms with E-state index >= 15 is 0 Å². The van der Waals surface area contributed by atoms with Crippen LogP contribution >= 0.6 is 23.1 Å². The number of nitriles is 2. The minimum Gasteiger partial charge on any atom is -0.344 e. The number of thiophene rings is 1. The number of nitrogens with zero attached hydrogens (tertiary/aromatic N) is 2. The van der Waals surface area contributed by atoms with E-state index in [1.165, 1.54) is 17.8 Å². The van der Waals surface area contributed by atoms with Gasteiger partial charge in [-0.2, -0.15) is 10.5 Å². The van der Waals surface area contributed by atoms with E-state index in [0.29, 0.717) is 5.03 Å². The zero-order valence-corrected chi connectivity index (χ0v) is 16.3. The summed E-state index contributed by atoms with van der Waals surface area (Å²) in [6.45, 7) is 0. The average Bonchev–Trinajstić information content (AvgIpc) is 3.25. The lowest BCUT2D eigenvalue weighted by Gasteiger charge is -2.18. The summed E-state index contributed by atoms with van der Waals surface area (Å²) in [5.74, 6) is 0.100. The number of benzene rings is 1. The molecule has 0 saturated heterocycles. The van der Waals surface area contributed by atoms with Crippen LogP contribution in [0, 0.1) is 22.7 Å².